The molecule has 2 rings (SSSR count). The Morgan fingerprint density at radius 1 is 1.62 bits per heavy atom. The smallest absolute Gasteiger partial charge is 0.0893 e. The minimum Gasteiger partial charge on any atom is -0.547 e. The van der Waals surface area contributed by atoms with Crippen LogP contribution in [0, 0.1) is 6.07 Å². The van der Waals surface area contributed by atoms with Crippen molar-refractivity contribution in [2.45, 2.75) is 0 Å². The molecule has 0 saturated heterocycles. The molecule has 0 bridgehead atoms. The average molecular weight is 249 g/mol. The first kappa shape index (κ1) is 10.7. The van der Waals surface area contributed by atoms with Gasteiger partial charge in [0, 0.05) is 38.5 Å². The van der Waals surface area contributed by atoms with Crippen molar-refractivity contribution in [2.75, 3.05) is 18.1 Å². The Hall–Kier alpha value is -0.336. The molecule has 1 radical (unpaired) electrons. The monoisotopic (exact) mass is 249 g/mol. The van der Waals surface area contributed by atoms with Crippen LogP contribution in [0.5, 0.6) is 5.75 Å². The number of fused-ring (bicyclic) bond motifs is 1. The van der Waals surface area contributed by atoms with Gasteiger partial charge in [0.05, 0.1) is 13.2 Å². The third-order valence-electron chi connectivity index (χ3n) is 1.92. The van der Waals surface area contributed by atoms with E-state index in [9.17, 15) is 0 Å². The van der Waals surface area contributed by atoms with Crippen LogP contribution in [0.3, 0.4) is 0 Å². The number of ether oxygens (including phenoxy) is 1. The van der Waals surface area contributed by atoms with Crippen molar-refractivity contribution in [3.05, 3.63) is 37.0 Å². The molecule has 2 nitrogen and oxygen atoms in total. The summed E-state index contributed by atoms with van der Waals surface area (Å²) >= 11 is 0. The predicted octanol–water partition coefficient (Wildman–Crippen LogP) is 1.83. The second kappa shape index (κ2) is 4.78. The van der Waals surface area contributed by atoms with Gasteiger partial charge in [0.1, 0.15) is 0 Å². The Kier molecular flexibility index (Phi) is 3.95. The van der Waals surface area contributed by atoms with Crippen molar-refractivity contribution in [3.63, 3.8) is 0 Å². The van der Waals surface area contributed by atoms with E-state index in [1.807, 2.05) is 24.4 Å². The van der Waals surface area contributed by atoms with Gasteiger partial charge in [-0.25, -0.2) is 0 Å². The third kappa shape index (κ3) is 2.12. The van der Waals surface area contributed by atoms with Crippen molar-refractivity contribution in [3.8, 4) is 5.75 Å². The van der Waals surface area contributed by atoms with Crippen LogP contribution < -0.4 is 9.64 Å². The van der Waals surface area contributed by atoms with Gasteiger partial charge in [-0.1, -0.05) is 6.58 Å². The normalized spacial score (nSPS) is 13.7. The van der Waals surface area contributed by atoms with Gasteiger partial charge < -0.3 is 9.64 Å². The van der Waals surface area contributed by atoms with Crippen LogP contribution in [0.25, 0.3) is 0 Å². The number of anilines is 1. The van der Waals surface area contributed by atoms with Gasteiger partial charge >= 0.3 is 0 Å². The van der Waals surface area contributed by atoms with Crippen LogP contribution in [0.15, 0.2) is 31.0 Å². The summed E-state index contributed by atoms with van der Waals surface area (Å²) in [5, 5.41) is 0. The number of hydrogen-bond donors (Lipinski definition) is 0. The molecule has 0 spiro atoms. The predicted molar refractivity (Wildman–Crippen MR) is 48.3 cm³/mol. The van der Waals surface area contributed by atoms with Gasteiger partial charge in [0.15, 0.2) is 0 Å². The molecule has 1 aromatic carbocycles. The first-order chi connectivity index (χ1) is 5.92. The number of benzene rings is 1. The van der Waals surface area contributed by atoms with E-state index < -0.39 is 0 Å². The Morgan fingerprint density at radius 2 is 2.46 bits per heavy atom. The van der Waals surface area contributed by atoms with Gasteiger partial charge in [0.25, 0.3) is 0 Å². The third-order valence-corrected chi connectivity index (χ3v) is 1.92. The zero-order chi connectivity index (χ0) is 8.39. The number of rotatable bonds is 1. The summed E-state index contributed by atoms with van der Waals surface area (Å²) in [6.45, 7) is 5.34. The summed E-state index contributed by atoms with van der Waals surface area (Å²) in [4.78, 5) is 2.08. The first-order valence-electron chi connectivity index (χ1n) is 3.94. The summed E-state index contributed by atoms with van der Waals surface area (Å²) in [7, 11) is 0. The maximum Gasteiger partial charge on any atom is 0.0893 e. The number of hydrogen-bond acceptors (Lipinski definition) is 2. The summed E-state index contributed by atoms with van der Waals surface area (Å²) in [6, 6.07) is 8.69. The van der Waals surface area contributed by atoms with Crippen molar-refractivity contribution in [1.29, 1.82) is 0 Å². The van der Waals surface area contributed by atoms with E-state index in [4.69, 9.17) is 4.74 Å². The van der Waals surface area contributed by atoms with Crippen molar-refractivity contribution in [2.24, 2.45) is 0 Å². The zero-order valence-corrected chi connectivity index (χ0v) is 10.2. The van der Waals surface area contributed by atoms with Crippen LogP contribution in [0.1, 0.15) is 0 Å². The maximum absolute atomic E-state index is 5.43. The molecule has 1 aliphatic rings. The van der Waals surface area contributed by atoms with Crippen LogP contribution in [-0.4, -0.2) is 13.2 Å². The minimum atomic E-state index is 0. The van der Waals surface area contributed by atoms with Crippen LogP contribution in [0.2, 0.25) is 0 Å². The molecule has 1 aliphatic heterocycles. The van der Waals surface area contributed by atoms with Crippen molar-refractivity contribution >= 4 is 5.69 Å². The fourth-order valence-corrected chi connectivity index (χ4v) is 1.32. The fourth-order valence-electron chi connectivity index (χ4n) is 1.32. The Morgan fingerprint density at radius 3 is 3.23 bits per heavy atom. The second-order valence-corrected chi connectivity index (χ2v) is 2.62. The quantitative estimate of drug-likeness (QED) is 0.704. The van der Waals surface area contributed by atoms with Crippen LogP contribution >= 0.6 is 0 Å². The minimum absolute atomic E-state index is 0. The summed E-state index contributed by atoms with van der Waals surface area (Å²) < 4.78 is 5.43. The summed E-state index contributed by atoms with van der Waals surface area (Å²) in [5.41, 5.74) is 1.08. The molecule has 1 heterocycles. The molecule has 65 valence electrons. The van der Waals surface area contributed by atoms with E-state index in [0.717, 1.165) is 24.6 Å². The Labute approximate surface area is 103 Å². The molecule has 0 N–H and O–H groups in total. The van der Waals surface area contributed by atoms with E-state index in [0.29, 0.717) is 0 Å². The fraction of sp³-hybridized carbons (Fsp3) is 0.200. The van der Waals surface area contributed by atoms with Gasteiger partial charge in [-0.3, -0.25) is 0 Å². The molecular weight excluding hydrogens is 239 g/mol. The van der Waals surface area contributed by atoms with Crippen LogP contribution in [-0.2, 0) is 32.7 Å². The molecular formula is C10H10NOY-. The van der Waals surface area contributed by atoms with E-state index in [2.05, 4.69) is 17.5 Å². The first-order valence-corrected chi connectivity index (χ1v) is 3.94. The van der Waals surface area contributed by atoms with E-state index in [-0.39, 0.29) is 32.7 Å². The molecule has 0 aliphatic carbocycles. The SMILES string of the molecule is C=CN1CCOc2c[c-]ccc21.[Y]. The second-order valence-electron chi connectivity index (χ2n) is 2.62. The largest absolute Gasteiger partial charge is 0.547 e. The number of nitrogens with zero attached hydrogens (tertiary/aromatic N) is 1. The molecule has 0 unspecified atom stereocenters. The molecule has 0 saturated carbocycles. The van der Waals surface area contributed by atoms with Gasteiger partial charge in [-0.2, -0.15) is 12.1 Å². The molecule has 1 aromatic rings. The Balaban J connectivity index is 0.000000845. The van der Waals surface area contributed by atoms with Gasteiger partial charge in [-0.05, 0) is 11.9 Å². The summed E-state index contributed by atoms with van der Waals surface area (Å²) in [6.07, 6.45) is 1.82. The van der Waals surface area contributed by atoms with Crippen LogP contribution in [0.4, 0.5) is 5.69 Å². The molecule has 3 heteroatoms. The van der Waals surface area contributed by atoms with Crippen molar-refractivity contribution in [1.82, 2.24) is 0 Å². The molecule has 0 atom stereocenters. The molecule has 13 heavy (non-hydrogen) atoms. The molecule has 0 aromatic heterocycles. The maximum atomic E-state index is 5.43. The van der Waals surface area contributed by atoms with Gasteiger partial charge in [-0.15, -0.1) is 12.1 Å². The van der Waals surface area contributed by atoms with Gasteiger partial charge in [0.2, 0.25) is 0 Å². The van der Waals surface area contributed by atoms with E-state index >= 15 is 0 Å². The van der Waals surface area contributed by atoms with E-state index in [1.54, 1.807) is 0 Å². The standard InChI is InChI=1S/C10H10NO.Y/c1-2-11-7-8-12-10-6-4-3-5-9(10)11;/h2-3,5-6H,1,7-8H2;/q-1;. The average Bonchev–Trinajstić information content (AvgIpc) is 2.17. The zero-order valence-electron chi connectivity index (χ0n) is 7.36. The Bertz CT molecular complexity index is 301. The molecule has 0 fully saturated rings. The summed E-state index contributed by atoms with van der Waals surface area (Å²) in [5.74, 6) is 0.892. The topological polar surface area (TPSA) is 12.5 Å². The molecule has 0 amide bonds. The van der Waals surface area contributed by atoms with Crippen molar-refractivity contribution < 1.29 is 37.4 Å². The van der Waals surface area contributed by atoms with E-state index in [1.165, 1.54) is 0 Å².